The lowest BCUT2D eigenvalue weighted by Crippen LogP contribution is -2.39. The largest absolute Gasteiger partial charge is 0.377 e. The van der Waals surface area contributed by atoms with Crippen molar-refractivity contribution in [2.45, 2.75) is 38.3 Å². The third kappa shape index (κ3) is 4.43. The molecule has 1 aliphatic carbocycles. The highest BCUT2D eigenvalue weighted by molar-refractivity contribution is 5.80. The molecule has 0 bridgehead atoms. The fourth-order valence-electron chi connectivity index (χ4n) is 4.17. The quantitative estimate of drug-likeness (QED) is 0.725. The zero-order chi connectivity index (χ0) is 20.1. The predicted octanol–water partition coefficient (Wildman–Crippen LogP) is 3.18. The van der Waals surface area contributed by atoms with Crippen LogP contribution in [-0.2, 0) is 11.3 Å². The summed E-state index contributed by atoms with van der Waals surface area (Å²) in [5.41, 5.74) is 2.11. The summed E-state index contributed by atoms with van der Waals surface area (Å²) in [5, 5.41) is 13.0. The number of aromatic nitrogens is 2. The molecule has 1 saturated carbocycles. The summed E-state index contributed by atoms with van der Waals surface area (Å²) in [6.07, 6.45) is 4.86. The monoisotopic (exact) mass is 392 g/mol. The molecule has 7 nitrogen and oxygen atoms in total. The van der Waals surface area contributed by atoms with Gasteiger partial charge in [-0.2, -0.15) is 15.2 Å². The molecule has 7 heteroatoms. The smallest absolute Gasteiger partial charge is 0.236 e. The van der Waals surface area contributed by atoms with Gasteiger partial charge in [-0.1, -0.05) is 43.2 Å². The number of anilines is 3. The summed E-state index contributed by atoms with van der Waals surface area (Å²) in [4.78, 5) is 13.5. The highest BCUT2D eigenvalue weighted by Crippen LogP contribution is 2.37. The maximum absolute atomic E-state index is 9.48. The Morgan fingerprint density at radius 3 is 2.79 bits per heavy atom. The first-order valence-corrected chi connectivity index (χ1v) is 10.4. The third-order valence-corrected chi connectivity index (χ3v) is 5.78. The highest BCUT2D eigenvalue weighted by atomic mass is 16.5. The van der Waals surface area contributed by atoms with Gasteiger partial charge in [0, 0.05) is 32.7 Å². The summed E-state index contributed by atoms with van der Waals surface area (Å²) < 4.78 is 5.87. The lowest BCUT2D eigenvalue weighted by Gasteiger charge is -2.34. The van der Waals surface area contributed by atoms with Crippen LogP contribution in [0.2, 0.25) is 0 Å². The minimum atomic E-state index is 0.225. The fourth-order valence-corrected chi connectivity index (χ4v) is 4.17. The van der Waals surface area contributed by atoms with E-state index in [0.717, 1.165) is 37.0 Å². The first kappa shape index (κ1) is 19.5. The van der Waals surface area contributed by atoms with Gasteiger partial charge in [-0.15, -0.1) is 0 Å². The average molecular weight is 393 g/mol. The van der Waals surface area contributed by atoms with Crippen LogP contribution in [0.1, 0.15) is 37.1 Å². The van der Waals surface area contributed by atoms with Crippen molar-refractivity contribution in [1.82, 2.24) is 9.97 Å². The van der Waals surface area contributed by atoms with Crippen LogP contribution in [0.15, 0.2) is 30.3 Å². The van der Waals surface area contributed by atoms with Crippen molar-refractivity contribution in [3.8, 4) is 6.07 Å². The van der Waals surface area contributed by atoms with Crippen molar-refractivity contribution in [2.75, 3.05) is 48.4 Å². The van der Waals surface area contributed by atoms with Gasteiger partial charge in [0.15, 0.2) is 11.6 Å². The Bertz CT molecular complexity index is 860. The van der Waals surface area contributed by atoms with E-state index in [0.29, 0.717) is 19.3 Å². The van der Waals surface area contributed by atoms with Gasteiger partial charge < -0.3 is 19.9 Å². The number of benzene rings is 1. The SMILES string of the molecule is CN(c1nc(C#N)nc2c1NCCN2CCOCc1ccccc1)C1CCCC1. The molecule has 1 aliphatic heterocycles. The van der Waals surface area contributed by atoms with Crippen LogP contribution in [0.25, 0.3) is 0 Å². The summed E-state index contributed by atoms with van der Waals surface area (Å²) in [6, 6.07) is 12.8. The molecule has 0 unspecified atom stereocenters. The number of hydrogen-bond acceptors (Lipinski definition) is 7. The van der Waals surface area contributed by atoms with Gasteiger partial charge in [0.2, 0.25) is 5.82 Å². The van der Waals surface area contributed by atoms with E-state index in [1.807, 2.05) is 18.2 Å². The molecular formula is C22H28N6O. The molecule has 1 aromatic heterocycles. The Balaban J connectivity index is 1.48. The zero-order valence-corrected chi connectivity index (χ0v) is 17.0. The number of fused-ring (bicyclic) bond motifs is 1. The van der Waals surface area contributed by atoms with Crippen LogP contribution < -0.4 is 15.1 Å². The Morgan fingerprint density at radius 2 is 2.03 bits per heavy atom. The van der Waals surface area contributed by atoms with E-state index in [2.05, 4.69) is 50.3 Å². The van der Waals surface area contributed by atoms with E-state index in [9.17, 15) is 5.26 Å². The maximum Gasteiger partial charge on any atom is 0.236 e. The standard InChI is InChI=1S/C22H28N6O/c1-27(18-9-5-6-10-18)21-20-22(26-19(15-23)25-21)28(12-11-24-20)13-14-29-16-17-7-3-2-4-8-17/h2-4,7-8,18,24H,5-6,9-14,16H2,1H3. The molecule has 1 N–H and O–H groups in total. The Morgan fingerprint density at radius 1 is 1.24 bits per heavy atom. The molecule has 29 heavy (non-hydrogen) atoms. The van der Waals surface area contributed by atoms with Crippen molar-refractivity contribution in [3.05, 3.63) is 41.7 Å². The Hall–Kier alpha value is -2.85. The lowest BCUT2D eigenvalue weighted by molar-refractivity contribution is 0.126. The van der Waals surface area contributed by atoms with Crippen LogP contribution in [-0.4, -0.2) is 49.3 Å². The van der Waals surface area contributed by atoms with Crippen LogP contribution in [0.4, 0.5) is 17.3 Å². The summed E-state index contributed by atoms with van der Waals surface area (Å²) >= 11 is 0. The minimum Gasteiger partial charge on any atom is -0.377 e. The molecule has 0 spiro atoms. The predicted molar refractivity (Wildman–Crippen MR) is 114 cm³/mol. The number of ether oxygens (including phenoxy) is 1. The van der Waals surface area contributed by atoms with Gasteiger partial charge in [-0.05, 0) is 18.4 Å². The van der Waals surface area contributed by atoms with Crippen molar-refractivity contribution in [2.24, 2.45) is 0 Å². The second-order valence-electron chi connectivity index (χ2n) is 7.68. The minimum absolute atomic E-state index is 0.225. The molecule has 0 radical (unpaired) electrons. The van der Waals surface area contributed by atoms with Gasteiger partial charge in [-0.25, -0.2) is 0 Å². The second kappa shape index (κ2) is 9.10. The number of hydrogen-bond donors (Lipinski definition) is 1. The molecule has 4 rings (SSSR count). The molecule has 1 fully saturated rings. The van der Waals surface area contributed by atoms with Crippen molar-refractivity contribution in [3.63, 3.8) is 0 Å². The van der Waals surface area contributed by atoms with Gasteiger partial charge in [0.05, 0.1) is 13.2 Å². The normalized spacial score (nSPS) is 16.2. The molecule has 1 aromatic carbocycles. The molecule has 0 saturated heterocycles. The van der Waals surface area contributed by atoms with Gasteiger partial charge in [-0.3, -0.25) is 0 Å². The van der Waals surface area contributed by atoms with E-state index in [4.69, 9.17) is 4.74 Å². The number of nitriles is 1. The van der Waals surface area contributed by atoms with Crippen LogP contribution in [0.5, 0.6) is 0 Å². The highest BCUT2D eigenvalue weighted by Gasteiger charge is 2.28. The summed E-state index contributed by atoms with van der Waals surface area (Å²) in [5.74, 6) is 1.88. The molecule has 2 aromatic rings. The van der Waals surface area contributed by atoms with Crippen LogP contribution >= 0.6 is 0 Å². The topological polar surface area (TPSA) is 77.3 Å². The molecule has 2 heterocycles. The number of nitrogens with zero attached hydrogens (tertiary/aromatic N) is 5. The average Bonchev–Trinajstić information content (AvgIpc) is 3.31. The lowest BCUT2D eigenvalue weighted by atomic mass is 10.2. The fraction of sp³-hybridized carbons (Fsp3) is 0.500. The number of rotatable bonds is 7. The van der Waals surface area contributed by atoms with E-state index in [1.54, 1.807) is 0 Å². The second-order valence-corrected chi connectivity index (χ2v) is 7.68. The Kier molecular flexibility index (Phi) is 6.11. The van der Waals surface area contributed by atoms with Crippen LogP contribution in [0.3, 0.4) is 0 Å². The summed E-state index contributed by atoms with van der Waals surface area (Å²) in [7, 11) is 2.09. The van der Waals surface area contributed by atoms with E-state index < -0.39 is 0 Å². The number of nitrogens with one attached hydrogen (secondary N) is 1. The van der Waals surface area contributed by atoms with Gasteiger partial charge in [0.1, 0.15) is 11.8 Å². The van der Waals surface area contributed by atoms with Crippen LogP contribution in [0, 0.1) is 11.3 Å². The summed E-state index contributed by atoms with van der Waals surface area (Å²) in [6.45, 7) is 3.59. The molecule has 0 atom stereocenters. The van der Waals surface area contributed by atoms with Crippen molar-refractivity contribution < 1.29 is 4.74 Å². The first-order chi connectivity index (χ1) is 14.3. The Labute approximate surface area is 172 Å². The maximum atomic E-state index is 9.48. The third-order valence-electron chi connectivity index (χ3n) is 5.78. The van der Waals surface area contributed by atoms with Gasteiger partial charge >= 0.3 is 0 Å². The van der Waals surface area contributed by atoms with E-state index in [-0.39, 0.29) is 5.82 Å². The zero-order valence-electron chi connectivity index (χ0n) is 17.0. The molecule has 152 valence electrons. The van der Waals surface area contributed by atoms with Gasteiger partial charge in [0.25, 0.3) is 0 Å². The molecule has 2 aliphatic rings. The first-order valence-electron chi connectivity index (χ1n) is 10.4. The van der Waals surface area contributed by atoms with Crippen molar-refractivity contribution >= 4 is 17.3 Å². The van der Waals surface area contributed by atoms with E-state index >= 15 is 0 Å². The molecular weight excluding hydrogens is 364 g/mol. The molecule has 0 amide bonds. The van der Waals surface area contributed by atoms with Crippen molar-refractivity contribution in [1.29, 1.82) is 5.26 Å². The van der Waals surface area contributed by atoms with E-state index in [1.165, 1.54) is 31.2 Å².